The minimum absolute atomic E-state index is 0.0956. The largest absolute Gasteiger partial charge is 0.379 e. The first kappa shape index (κ1) is 14.5. The SMILES string of the molecule is CN(CCOCC1CC1)c1ccc([N+](=O)[O-])c(C=O)c1. The highest BCUT2D eigenvalue weighted by atomic mass is 16.6. The van der Waals surface area contributed by atoms with Crippen LogP contribution in [0.25, 0.3) is 0 Å². The number of likely N-dealkylation sites (N-methyl/N-ethyl adjacent to an activating group) is 1. The van der Waals surface area contributed by atoms with Crippen LogP contribution < -0.4 is 4.90 Å². The summed E-state index contributed by atoms with van der Waals surface area (Å²) in [5.41, 5.74) is 0.702. The van der Waals surface area contributed by atoms with E-state index in [0.717, 1.165) is 18.2 Å². The molecule has 0 atom stereocenters. The molecule has 6 heteroatoms. The Kier molecular flexibility index (Phi) is 4.68. The van der Waals surface area contributed by atoms with Gasteiger partial charge in [-0.25, -0.2) is 0 Å². The Bertz CT molecular complexity index is 500. The average Bonchev–Trinajstić information content (AvgIpc) is 3.26. The van der Waals surface area contributed by atoms with Gasteiger partial charge < -0.3 is 9.64 Å². The third-order valence-corrected chi connectivity index (χ3v) is 3.40. The Morgan fingerprint density at radius 1 is 1.50 bits per heavy atom. The van der Waals surface area contributed by atoms with E-state index in [4.69, 9.17) is 4.74 Å². The monoisotopic (exact) mass is 278 g/mol. The normalized spacial score (nSPS) is 14.1. The minimum Gasteiger partial charge on any atom is -0.379 e. The molecule has 0 unspecified atom stereocenters. The van der Waals surface area contributed by atoms with Gasteiger partial charge in [0.15, 0.2) is 6.29 Å². The molecule has 0 aliphatic heterocycles. The number of rotatable bonds is 8. The van der Waals surface area contributed by atoms with Crippen LogP contribution in [0.1, 0.15) is 23.2 Å². The number of anilines is 1. The molecule has 108 valence electrons. The number of nitrogens with zero attached hydrogens (tertiary/aromatic N) is 2. The molecule has 20 heavy (non-hydrogen) atoms. The first-order valence-corrected chi connectivity index (χ1v) is 6.64. The van der Waals surface area contributed by atoms with Gasteiger partial charge in [-0.2, -0.15) is 0 Å². The molecule has 6 nitrogen and oxygen atoms in total. The van der Waals surface area contributed by atoms with Gasteiger partial charge >= 0.3 is 0 Å². The van der Waals surface area contributed by atoms with Gasteiger partial charge in [-0.3, -0.25) is 14.9 Å². The summed E-state index contributed by atoms with van der Waals surface area (Å²) in [6.07, 6.45) is 3.04. The van der Waals surface area contributed by atoms with Gasteiger partial charge in [0.05, 0.1) is 17.1 Å². The average molecular weight is 278 g/mol. The summed E-state index contributed by atoms with van der Waals surface area (Å²) in [4.78, 5) is 23.0. The van der Waals surface area contributed by atoms with Crippen LogP contribution in [0.4, 0.5) is 11.4 Å². The molecule has 1 saturated carbocycles. The fourth-order valence-electron chi connectivity index (χ4n) is 1.91. The first-order valence-electron chi connectivity index (χ1n) is 6.64. The Labute approximate surface area is 117 Å². The van der Waals surface area contributed by atoms with Crippen LogP contribution in [-0.4, -0.2) is 38.0 Å². The van der Waals surface area contributed by atoms with E-state index in [1.54, 1.807) is 6.07 Å². The molecule has 0 heterocycles. The fourth-order valence-corrected chi connectivity index (χ4v) is 1.91. The predicted octanol–water partition coefficient (Wildman–Crippen LogP) is 2.27. The van der Waals surface area contributed by atoms with E-state index >= 15 is 0 Å². The number of ether oxygens (including phenoxy) is 1. The third kappa shape index (κ3) is 3.77. The van der Waals surface area contributed by atoms with E-state index in [-0.39, 0.29) is 11.3 Å². The number of aldehydes is 1. The number of nitro benzene ring substituents is 1. The van der Waals surface area contributed by atoms with Crippen molar-refractivity contribution in [2.24, 2.45) is 5.92 Å². The number of nitro groups is 1. The van der Waals surface area contributed by atoms with E-state index in [0.29, 0.717) is 19.4 Å². The van der Waals surface area contributed by atoms with Gasteiger partial charge in [-0.15, -0.1) is 0 Å². The van der Waals surface area contributed by atoms with Crippen molar-refractivity contribution in [2.75, 3.05) is 31.7 Å². The second-order valence-electron chi connectivity index (χ2n) is 5.06. The molecule has 0 spiro atoms. The van der Waals surface area contributed by atoms with Crippen molar-refractivity contribution >= 4 is 17.7 Å². The summed E-state index contributed by atoms with van der Waals surface area (Å²) in [6.45, 7) is 2.11. The number of carbonyl (C=O) groups excluding carboxylic acids is 1. The molecular formula is C14H18N2O4. The standard InChI is InChI=1S/C14H18N2O4/c1-15(6-7-20-10-11-2-3-11)13-4-5-14(16(18)19)12(8-13)9-17/h4-5,8-9,11H,2-3,6-7,10H2,1H3. The summed E-state index contributed by atoms with van der Waals surface area (Å²) < 4.78 is 5.55. The molecule has 2 rings (SSSR count). The van der Waals surface area contributed by atoms with Gasteiger partial charge in [0.25, 0.3) is 5.69 Å². The van der Waals surface area contributed by atoms with E-state index in [1.165, 1.54) is 25.0 Å². The van der Waals surface area contributed by atoms with Gasteiger partial charge in [-0.1, -0.05) is 0 Å². The topological polar surface area (TPSA) is 72.7 Å². The Hall–Kier alpha value is -1.95. The van der Waals surface area contributed by atoms with Crippen molar-refractivity contribution < 1.29 is 14.5 Å². The maximum atomic E-state index is 10.9. The van der Waals surface area contributed by atoms with Gasteiger partial charge in [0.1, 0.15) is 0 Å². The van der Waals surface area contributed by atoms with Crippen molar-refractivity contribution in [3.8, 4) is 0 Å². The van der Waals surface area contributed by atoms with E-state index in [1.807, 2.05) is 11.9 Å². The highest BCUT2D eigenvalue weighted by molar-refractivity contribution is 5.83. The molecule has 0 aromatic heterocycles. The molecule has 1 aliphatic rings. The zero-order valence-electron chi connectivity index (χ0n) is 11.4. The van der Waals surface area contributed by atoms with Crippen LogP contribution in [0.15, 0.2) is 18.2 Å². The van der Waals surface area contributed by atoms with Gasteiger partial charge in [0.2, 0.25) is 0 Å². The summed E-state index contributed by atoms with van der Waals surface area (Å²) >= 11 is 0. The van der Waals surface area contributed by atoms with Crippen LogP contribution in [0.3, 0.4) is 0 Å². The maximum Gasteiger partial charge on any atom is 0.280 e. The molecular weight excluding hydrogens is 260 g/mol. The summed E-state index contributed by atoms with van der Waals surface area (Å²) in [5.74, 6) is 0.737. The lowest BCUT2D eigenvalue weighted by Gasteiger charge is -2.19. The molecule has 0 amide bonds. The predicted molar refractivity (Wildman–Crippen MR) is 75.3 cm³/mol. The number of benzene rings is 1. The van der Waals surface area contributed by atoms with Crippen LogP contribution in [0.5, 0.6) is 0 Å². The van der Waals surface area contributed by atoms with Crippen LogP contribution in [0.2, 0.25) is 0 Å². The van der Waals surface area contributed by atoms with E-state index < -0.39 is 4.92 Å². The maximum absolute atomic E-state index is 10.9. The van der Waals surface area contributed by atoms with Crippen LogP contribution >= 0.6 is 0 Å². The molecule has 1 aromatic carbocycles. The third-order valence-electron chi connectivity index (χ3n) is 3.40. The fraction of sp³-hybridized carbons (Fsp3) is 0.500. The Morgan fingerprint density at radius 3 is 2.85 bits per heavy atom. The summed E-state index contributed by atoms with van der Waals surface area (Å²) in [6, 6.07) is 4.54. The Balaban J connectivity index is 1.92. The van der Waals surface area contributed by atoms with Crippen molar-refractivity contribution in [2.45, 2.75) is 12.8 Å². The van der Waals surface area contributed by atoms with Crippen molar-refractivity contribution in [3.63, 3.8) is 0 Å². The zero-order valence-corrected chi connectivity index (χ0v) is 11.4. The molecule has 1 fully saturated rings. The quantitative estimate of drug-likeness (QED) is 0.316. The lowest BCUT2D eigenvalue weighted by atomic mass is 10.1. The Morgan fingerprint density at radius 2 is 2.25 bits per heavy atom. The lowest BCUT2D eigenvalue weighted by Crippen LogP contribution is -2.23. The summed E-state index contributed by atoms with van der Waals surface area (Å²) in [7, 11) is 1.87. The molecule has 0 N–H and O–H groups in total. The van der Waals surface area contributed by atoms with E-state index in [2.05, 4.69) is 0 Å². The highest BCUT2D eigenvalue weighted by Gasteiger charge is 2.21. The highest BCUT2D eigenvalue weighted by Crippen LogP contribution is 2.28. The van der Waals surface area contributed by atoms with E-state index in [9.17, 15) is 14.9 Å². The smallest absolute Gasteiger partial charge is 0.280 e. The number of hydrogen-bond donors (Lipinski definition) is 0. The second-order valence-corrected chi connectivity index (χ2v) is 5.06. The zero-order chi connectivity index (χ0) is 14.5. The second kappa shape index (κ2) is 6.47. The number of hydrogen-bond acceptors (Lipinski definition) is 5. The lowest BCUT2D eigenvalue weighted by molar-refractivity contribution is -0.385. The van der Waals surface area contributed by atoms with Gasteiger partial charge in [-0.05, 0) is 30.9 Å². The van der Waals surface area contributed by atoms with Crippen LogP contribution in [-0.2, 0) is 4.74 Å². The van der Waals surface area contributed by atoms with Crippen molar-refractivity contribution in [1.29, 1.82) is 0 Å². The van der Waals surface area contributed by atoms with Crippen LogP contribution in [0, 0.1) is 16.0 Å². The minimum atomic E-state index is -0.549. The summed E-state index contributed by atoms with van der Waals surface area (Å²) in [5, 5.41) is 10.8. The molecule has 0 radical (unpaired) electrons. The molecule has 1 aliphatic carbocycles. The number of carbonyl (C=O) groups is 1. The molecule has 1 aromatic rings. The van der Waals surface area contributed by atoms with Crippen molar-refractivity contribution in [3.05, 3.63) is 33.9 Å². The molecule has 0 bridgehead atoms. The van der Waals surface area contributed by atoms with Crippen molar-refractivity contribution in [1.82, 2.24) is 0 Å². The first-order chi connectivity index (χ1) is 9.61. The van der Waals surface area contributed by atoms with Gasteiger partial charge in [0, 0.05) is 32.0 Å². The molecule has 0 saturated heterocycles.